The molecule has 5 heteroatoms. The molecule has 124 valence electrons. The number of carbonyl (C=O) groups is 2. The molecular formula is C17H29N3O2. The van der Waals surface area contributed by atoms with E-state index in [0.29, 0.717) is 17.9 Å². The van der Waals surface area contributed by atoms with E-state index in [1.54, 1.807) is 0 Å². The van der Waals surface area contributed by atoms with Gasteiger partial charge in [0.2, 0.25) is 11.8 Å². The third-order valence-corrected chi connectivity index (χ3v) is 5.46. The number of nitrogens with one attached hydrogen (secondary N) is 1. The highest BCUT2D eigenvalue weighted by Gasteiger charge is 2.31. The second-order valence-corrected chi connectivity index (χ2v) is 7.23. The first-order valence-electron chi connectivity index (χ1n) is 8.95. The molecule has 0 aromatic carbocycles. The van der Waals surface area contributed by atoms with Crippen LogP contribution in [0.1, 0.15) is 51.9 Å². The summed E-state index contributed by atoms with van der Waals surface area (Å²) in [7, 11) is 0. The van der Waals surface area contributed by atoms with Crippen molar-refractivity contribution in [3.8, 4) is 0 Å². The van der Waals surface area contributed by atoms with Gasteiger partial charge >= 0.3 is 0 Å². The molecule has 2 amide bonds. The van der Waals surface area contributed by atoms with Crippen LogP contribution in [-0.2, 0) is 9.59 Å². The van der Waals surface area contributed by atoms with E-state index in [1.165, 1.54) is 25.7 Å². The molecule has 0 spiro atoms. The quantitative estimate of drug-likeness (QED) is 0.835. The molecule has 1 N–H and O–H groups in total. The molecule has 1 saturated heterocycles. The van der Waals surface area contributed by atoms with Crippen molar-refractivity contribution < 1.29 is 9.59 Å². The largest absolute Gasteiger partial charge is 0.352 e. The van der Waals surface area contributed by atoms with Crippen molar-refractivity contribution in [3.63, 3.8) is 0 Å². The van der Waals surface area contributed by atoms with Gasteiger partial charge in [0.05, 0.1) is 6.04 Å². The number of nitrogens with zero attached hydrogens (tertiary/aromatic N) is 2. The first kappa shape index (κ1) is 15.8. The number of amides is 2. The van der Waals surface area contributed by atoms with Crippen LogP contribution in [0.25, 0.3) is 0 Å². The maximum atomic E-state index is 12.3. The van der Waals surface area contributed by atoms with Crippen molar-refractivity contribution >= 4 is 11.8 Å². The van der Waals surface area contributed by atoms with E-state index in [0.717, 1.165) is 45.4 Å². The van der Waals surface area contributed by atoms with Gasteiger partial charge in [-0.2, -0.15) is 0 Å². The van der Waals surface area contributed by atoms with Crippen LogP contribution in [0.3, 0.4) is 0 Å². The first-order chi connectivity index (χ1) is 10.6. The van der Waals surface area contributed by atoms with Gasteiger partial charge in [-0.05, 0) is 38.5 Å². The topological polar surface area (TPSA) is 52.7 Å². The Bertz CT molecular complexity index is 408. The second kappa shape index (κ2) is 6.99. The summed E-state index contributed by atoms with van der Waals surface area (Å²) in [6.45, 7) is 5.15. The number of carbonyl (C=O) groups excluding carboxylic acids is 2. The van der Waals surface area contributed by atoms with Crippen LogP contribution < -0.4 is 5.32 Å². The molecule has 0 aromatic rings. The van der Waals surface area contributed by atoms with Crippen LogP contribution >= 0.6 is 0 Å². The highest BCUT2D eigenvalue weighted by atomic mass is 16.2. The summed E-state index contributed by atoms with van der Waals surface area (Å²) in [6.07, 6.45) is 8.02. The van der Waals surface area contributed by atoms with Gasteiger partial charge in [0.1, 0.15) is 0 Å². The summed E-state index contributed by atoms with van der Waals surface area (Å²) in [5.74, 6) is 1.09. The van der Waals surface area contributed by atoms with Gasteiger partial charge in [-0.3, -0.25) is 14.5 Å². The van der Waals surface area contributed by atoms with E-state index in [-0.39, 0.29) is 11.9 Å². The number of hydrogen-bond acceptors (Lipinski definition) is 3. The lowest BCUT2D eigenvalue weighted by atomic mass is 10.0. The number of piperazine rings is 1. The molecule has 2 saturated carbocycles. The Kier molecular flexibility index (Phi) is 5.01. The molecule has 3 aliphatic rings. The lowest BCUT2D eigenvalue weighted by Gasteiger charge is -2.37. The zero-order valence-electron chi connectivity index (χ0n) is 13.7. The number of hydrogen-bond donors (Lipinski definition) is 1. The summed E-state index contributed by atoms with van der Waals surface area (Å²) in [6, 6.07) is 0.344. The Balaban J connectivity index is 1.40. The fraction of sp³-hybridized carbons (Fsp3) is 0.882. The van der Waals surface area contributed by atoms with Gasteiger partial charge < -0.3 is 10.2 Å². The minimum absolute atomic E-state index is 0.0762. The van der Waals surface area contributed by atoms with Crippen molar-refractivity contribution in [1.82, 2.24) is 15.1 Å². The Morgan fingerprint density at radius 2 is 1.68 bits per heavy atom. The maximum absolute atomic E-state index is 12.3. The fourth-order valence-electron chi connectivity index (χ4n) is 3.66. The normalized spacial score (nSPS) is 25.2. The van der Waals surface area contributed by atoms with Crippen LogP contribution in [0.2, 0.25) is 0 Å². The molecule has 1 aliphatic heterocycles. The molecule has 22 heavy (non-hydrogen) atoms. The predicted octanol–water partition coefficient (Wildman–Crippen LogP) is 1.38. The van der Waals surface area contributed by atoms with Crippen molar-refractivity contribution in [2.24, 2.45) is 5.92 Å². The highest BCUT2D eigenvalue weighted by molar-refractivity contribution is 5.82. The van der Waals surface area contributed by atoms with E-state index in [9.17, 15) is 9.59 Å². The average molecular weight is 307 g/mol. The molecule has 5 nitrogen and oxygen atoms in total. The molecule has 3 fully saturated rings. The number of rotatable bonds is 5. The van der Waals surface area contributed by atoms with E-state index in [4.69, 9.17) is 0 Å². The summed E-state index contributed by atoms with van der Waals surface area (Å²) >= 11 is 0. The molecule has 1 unspecified atom stereocenters. The molecule has 0 radical (unpaired) electrons. The molecule has 3 rings (SSSR count). The fourth-order valence-corrected chi connectivity index (χ4v) is 3.66. The second-order valence-electron chi connectivity index (χ2n) is 7.23. The van der Waals surface area contributed by atoms with Crippen LogP contribution in [0.15, 0.2) is 0 Å². The summed E-state index contributed by atoms with van der Waals surface area (Å²) in [5, 5.41) is 3.07. The molecule has 0 bridgehead atoms. The third-order valence-electron chi connectivity index (χ3n) is 5.46. The Labute approximate surface area is 133 Å². The highest BCUT2D eigenvalue weighted by Crippen LogP contribution is 2.28. The van der Waals surface area contributed by atoms with E-state index < -0.39 is 0 Å². The minimum Gasteiger partial charge on any atom is -0.352 e. The molecular weight excluding hydrogens is 278 g/mol. The Morgan fingerprint density at radius 1 is 1.05 bits per heavy atom. The summed E-state index contributed by atoms with van der Waals surface area (Å²) in [5.41, 5.74) is 0. The van der Waals surface area contributed by atoms with Crippen molar-refractivity contribution in [3.05, 3.63) is 0 Å². The molecule has 0 aromatic heterocycles. The van der Waals surface area contributed by atoms with E-state index in [2.05, 4.69) is 10.2 Å². The summed E-state index contributed by atoms with van der Waals surface area (Å²) in [4.78, 5) is 28.7. The minimum atomic E-state index is -0.0762. The predicted molar refractivity (Wildman–Crippen MR) is 85.4 cm³/mol. The van der Waals surface area contributed by atoms with Crippen LogP contribution in [0.5, 0.6) is 0 Å². The smallest absolute Gasteiger partial charge is 0.237 e. The molecule has 1 heterocycles. The Morgan fingerprint density at radius 3 is 2.27 bits per heavy atom. The Hall–Kier alpha value is -1.10. The third kappa shape index (κ3) is 4.00. The van der Waals surface area contributed by atoms with Crippen molar-refractivity contribution in [2.45, 2.75) is 64.0 Å². The van der Waals surface area contributed by atoms with Gasteiger partial charge in [0, 0.05) is 38.6 Å². The van der Waals surface area contributed by atoms with Crippen molar-refractivity contribution in [2.75, 3.05) is 26.2 Å². The van der Waals surface area contributed by atoms with Gasteiger partial charge in [-0.1, -0.05) is 12.8 Å². The van der Waals surface area contributed by atoms with Crippen molar-refractivity contribution in [1.29, 1.82) is 0 Å². The monoisotopic (exact) mass is 307 g/mol. The lowest BCUT2D eigenvalue weighted by Crippen LogP contribution is -2.55. The molecule has 1 atom stereocenters. The average Bonchev–Trinajstić information content (AvgIpc) is 3.19. The van der Waals surface area contributed by atoms with Crippen LogP contribution in [0.4, 0.5) is 0 Å². The zero-order chi connectivity index (χ0) is 15.5. The zero-order valence-corrected chi connectivity index (χ0v) is 13.7. The van der Waals surface area contributed by atoms with Crippen LogP contribution in [-0.4, -0.2) is 59.9 Å². The van der Waals surface area contributed by atoms with Crippen LogP contribution in [0, 0.1) is 5.92 Å². The summed E-state index contributed by atoms with van der Waals surface area (Å²) < 4.78 is 0. The standard InChI is InChI=1S/C17H29N3O2/c1-13(17(22)18-15-6-7-15)19-8-10-20(11-9-19)16(21)12-14-4-2-3-5-14/h13-15H,2-12H2,1H3,(H,18,22). The van der Waals surface area contributed by atoms with E-state index in [1.807, 2.05) is 11.8 Å². The van der Waals surface area contributed by atoms with Gasteiger partial charge in [0.15, 0.2) is 0 Å². The maximum Gasteiger partial charge on any atom is 0.237 e. The van der Waals surface area contributed by atoms with Gasteiger partial charge in [-0.15, -0.1) is 0 Å². The lowest BCUT2D eigenvalue weighted by molar-refractivity contribution is -0.135. The van der Waals surface area contributed by atoms with E-state index >= 15 is 0 Å². The van der Waals surface area contributed by atoms with Gasteiger partial charge in [-0.25, -0.2) is 0 Å². The SMILES string of the molecule is CC(C(=O)NC1CC1)N1CCN(C(=O)CC2CCCC2)CC1. The molecule has 2 aliphatic carbocycles. The van der Waals surface area contributed by atoms with Gasteiger partial charge in [0.25, 0.3) is 0 Å². The first-order valence-corrected chi connectivity index (χ1v) is 8.95.